The average molecular weight is 356 g/mol. The third-order valence-electron chi connectivity index (χ3n) is 4.82. The van der Waals surface area contributed by atoms with Crippen molar-refractivity contribution in [2.45, 2.75) is 40.2 Å². The van der Waals surface area contributed by atoms with Gasteiger partial charge in [-0.15, -0.1) is 10.2 Å². The van der Waals surface area contributed by atoms with Crippen LogP contribution >= 0.6 is 0 Å². The van der Waals surface area contributed by atoms with Crippen LogP contribution in [0.2, 0.25) is 0 Å². The van der Waals surface area contributed by atoms with Crippen LogP contribution in [0.5, 0.6) is 0 Å². The summed E-state index contributed by atoms with van der Waals surface area (Å²) in [7, 11) is 0. The van der Waals surface area contributed by atoms with Gasteiger partial charge in [-0.2, -0.15) is 0 Å². The minimum absolute atomic E-state index is 0.0354. The second kappa shape index (κ2) is 8.45. The predicted octanol–water partition coefficient (Wildman–Crippen LogP) is 3.03. The van der Waals surface area contributed by atoms with Crippen LogP contribution in [0.25, 0.3) is 11.5 Å². The third kappa shape index (κ3) is 4.91. The summed E-state index contributed by atoms with van der Waals surface area (Å²) < 4.78 is 5.84. The largest absolute Gasteiger partial charge is 0.419 e. The lowest BCUT2D eigenvalue weighted by atomic mass is 9.98. The summed E-state index contributed by atoms with van der Waals surface area (Å²) in [5, 5.41) is 11.4. The molecule has 0 spiro atoms. The summed E-state index contributed by atoms with van der Waals surface area (Å²) in [5.41, 5.74) is 2.15. The smallest absolute Gasteiger partial charge is 0.247 e. The molecule has 0 radical (unpaired) electrons. The van der Waals surface area contributed by atoms with Crippen LogP contribution < -0.4 is 5.32 Å². The van der Waals surface area contributed by atoms with E-state index >= 15 is 0 Å². The monoisotopic (exact) mass is 356 g/mol. The topological polar surface area (TPSA) is 71.3 Å². The van der Waals surface area contributed by atoms with E-state index in [-0.39, 0.29) is 11.8 Å². The van der Waals surface area contributed by atoms with Crippen molar-refractivity contribution in [2.75, 3.05) is 19.6 Å². The Labute approximate surface area is 155 Å². The van der Waals surface area contributed by atoms with Crippen LogP contribution in [0.4, 0.5) is 0 Å². The lowest BCUT2D eigenvalue weighted by molar-refractivity contribution is -0.124. The maximum Gasteiger partial charge on any atom is 0.247 e. The van der Waals surface area contributed by atoms with Crippen molar-refractivity contribution in [2.24, 2.45) is 11.8 Å². The highest BCUT2D eigenvalue weighted by Gasteiger charge is 2.22. The van der Waals surface area contributed by atoms with Crippen LogP contribution in [-0.2, 0) is 11.3 Å². The molecule has 0 bridgehead atoms. The molecule has 1 aromatic carbocycles. The van der Waals surface area contributed by atoms with Crippen molar-refractivity contribution in [3.63, 3.8) is 0 Å². The number of piperidine rings is 1. The number of nitrogens with one attached hydrogen (secondary N) is 1. The normalized spacial score (nSPS) is 18.2. The second-order valence-electron chi connectivity index (χ2n) is 7.51. The zero-order valence-corrected chi connectivity index (χ0v) is 15.9. The molecule has 1 fully saturated rings. The molecule has 1 saturated heterocycles. The summed E-state index contributed by atoms with van der Waals surface area (Å²) in [6, 6.07) is 8.09. The molecule has 3 rings (SSSR count). The molecule has 140 valence electrons. The highest BCUT2D eigenvalue weighted by atomic mass is 16.4. The lowest BCUT2D eigenvalue weighted by Gasteiger charge is -2.31. The summed E-state index contributed by atoms with van der Waals surface area (Å²) >= 11 is 0. The van der Waals surface area contributed by atoms with Gasteiger partial charge in [-0.25, -0.2) is 0 Å². The molecule has 2 aromatic rings. The first kappa shape index (κ1) is 18.6. The molecular weight excluding hydrogens is 328 g/mol. The molecule has 0 aliphatic carbocycles. The quantitative estimate of drug-likeness (QED) is 0.861. The summed E-state index contributed by atoms with van der Waals surface area (Å²) in [6.07, 6.45) is 2.27. The van der Waals surface area contributed by atoms with Gasteiger partial charge in [-0.05, 0) is 44.4 Å². The van der Waals surface area contributed by atoms with Crippen LogP contribution in [0, 0.1) is 18.8 Å². The van der Waals surface area contributed by atoms with Crippen molar-refractivity contribution >= 4 is 5.91 Å². The van der Waals surface area contributed by atoms with E-state index in [0.717, 1.165) is 38.0 Å². The third-order valence-corrected chi connectivity index (χ3v) is 4.82. The van der Waals surface area contributed by atoms with E-state index in [0.29, 0.717) is 24.2 Å². The van der Waals surface area contributed by atoms with Gasteiger partial charge in [0.25, 0.3) is 0 Å². The van der Waals surface area contributed by atoms with Crippen molar-refractivity contribution in [3.8, 4) is 11.5 Å². The predicted molar refractivity (Wildman–Crippen MR) is 100 cm³/mol. The SMILES string of the molecule is Cc1ccc(-c2nnc(CN3CCC[C@H](CNC(=O)C(C)C)C3)o2)cc1. The number of nitrogens with zero attached hydrogens (tertiary/aromatic N) is 3. The number of benzene rings is 1. The van der Waals surface area contributed by atoms with Crippen LogP contribution in [-0.4, -0.2) is 40.6 Å². The van der Waals surface area contributed by atoms with Crippen molar-refractivity contribution in [1.82, 2.24) is 20.4 Å². The molecular formula is C20H28N4O2. The maximum atomic E-state index is 11.8. The minimum Gasteiger partial charge on any atom is -0.419 e. The Balaban J connectivity index is 1.54. The van der Waals surface area contributed by atoms with Crippen LogP contribution in [0.1, 0.15) is 38.1 Å². The minimum atomic E-state index is 0.0354. The molecule has 1 aliphatic heterocycles. The first-order valence-electron chi connectivity index (χ1n) is 9.40. The van der Waals surface area contributed by atoms with E-state index in [4.69, 9.17) is 4.42 Å². The Hall–Kier alpha value is -2.21. The summed E-state index contributed by atoms with van der Waals surface area (Å²) in [5.74, 6) is 1.85. The van der Waals surface area contributed by atoms with Gasteiger partial charge in [-0.1, -0.05) is 31.5 Å². The molecule has 1 N–H and O–H groups in total. The van der Waals surface area contributed by atoms with E-state index < -0.39 is 0 Å². The molecule has 2 heterocycles. The Morgan fingerprint density at radius 1 is 1.31 bits per heavy atom. The van der Waals surface area contributed by atoms with Gasteiger partial charge in [0.2, 0.25) is 17.7 Å². The first-order valence-corrected chi connectivity index (χ1v) is 9.40. The van der Waals surface area contributed by atoms with Gasteiger partial charge < -0.3 is 9.73 Å². The van der Waals surface area contributed by atoms with Crippen molar-refractivity contribution < 1.29 is 9.21 Å². The standard InChI is InChI=1S/C20H28N4O2/c1-14(2)19(25)21-11-16-5-4-10-24(12-16)13-18-22-23-20(26-18)17-8-6-15(3)7-9-17/h6-9,14,16H,4-5,10-13H2,1-3H3,(H,21,25)/t16-/m1/s1. The lowest BCUT2D eigenvalue weighted by Crippen LogP contribution is -2.41. The van der Waals surface area contributed by atoms with Gasteiger partial charge in [0.05, 0.1) is 6.54 Å². The molecule has 0 unspecified atom stereocenters. The second-order valence-corrected chi connectivity index (χ2v) is 7.51. The number of aromatic nitrogens is 2. The van der Waals surface area contributed by atoms with E-state index in [2.05, 4.69) is 27.3 Å². The Morgan fingerprint density at radius 3 is 2.81 bits per heavy atom. The van der Waals surface area contributed by atoms with Gasteiger partial charge in [-0.3, -0.25) is 9.69 Å². The number of carbonyl (C=O) groups is 1. The molecule has 6 nitrogen and oxygen atoms in total. The van der Waals surface area contributed by atoms with E-state index in [1.165, 1.54) is 5.56 Å². The number of rotatable bonds is 6. The van der Waals surface area contributed by atoms with Gasteiger partial charge >= 0.3 is 0 Å². The summed E-state index contributed by atoms with van der Waals surface area (Å²) in [4.78, 5) is 14.1. The number of hydrogen-bond acceptors (Lipinski definition) is 5. The summed E-state index contributed by atoms with van der Waals surface area (Å²) in [6.45, 7) is 9.27. The van der Waals surface area contributed by atoms with Gasteiger partial charge in [0.1, 0.15) is 0 Å². The Morgan fingerprint density at radius 2 is 2.08 bits per heavy atom. The van der Waals surface area contributed by atoms with Gasteiger partial charge in [0.15, 0.2) is 0 Å². The molecule has 1 atom stereocenters. The molecule has 1 aliphatic rings. The van der Waals surface area contributed by atoms with Crippen LogP contribution in [0.15, 0.2) is 28.7 Å². The fourth-order valence-electron chi connectivity index (χ4n) is 3.23. The molecule has 6 heteroatoms. The number of likely N-dealkylation sites (tertiary alicyclic amines) is 1. The number of hydrogen-bond donors (Lipinski definition) is 1. The highest BCUT2D eigenvalue weighted by Crippen LogP contribution is 2.21. The fraction of sp³-hybridized carbons (Fsp3) is 0.550. The Bertz CT molecular complexity index is 724. The average Bonchev–Trinajstić information content (AvgIpc) is 3.09. The van der Waals surface area contributed by atoms with Crippen molar-refractivity contribution in [3.05, 3.63) is 35.7 Å². The molecule has 26 heavy (non-hydrogen) atoms. The molecule has 1 aromatic heterocycles. The van der Waals surface area contributed by atoms with E-state index in [9.17, 15) is 4.79 Å². The molecule has 1 amide bonds. The Kier molecular flexibility index (Phi) is 6.04. The zero-order valence-electron chi connectivity index (χ0n) is 15.9. The van der Waals surface area contributed by atoms with Crippen LogP contribution in [0.3, 0.4) is 0 Å². The number of carbonyl (C=O) groups excluding carboxylic acids is 1. The van der Waals surface area contributed by atoms with Gasteiger partial charge in [0, 0.05) is 24.6 Å². The fourth-order valence-corrected chi connectivity index (χ4v) is 3.23. The number of amides is 1. The first-order chi connectivity index (χ1) is 12.5. The zero-order chi connectivity index (χ0) is 18.5. The highest BCUT2D eigenvalue weighted by molar-refractivity contribution is 5.77. The number of aryl methyl sites for hydroxylation is 1. The maximum absolute atomic E-state index is 11.8. The van der Waals surface area contributed by atoms with Crippen molar-refractivity contribution in [1.29, 1.82) is 0 Å². The van der Waals surface area contributed by atoms with E-state index in [1.54, 1.807) is 0 Å². The van der Waals surface area contributed by atoms with E-state index in [1.807, 2.05) is 38.1 Å². The molecule has 0 saturated carbocycles.